The minimum absolute atomic E-state index is 0.0642. The summed E-state index contributed by atoms with van der Waals surface area (Å²) in [7, 11) is -8.05. The van der Waals surface area contributed by atoms with Crippen molar-refractivity contribution in [3.63, 3.8) is 0 Å². The Kier molecular flexibility index (Phi) is 18.3. The number of carbonyl (C=O) groups is 2. The molecule has 2 aromatic heterocycles. The molecule has 0 bridgehead atoms. The van der Waals surface area contributed by atoms with Crippen molar-refractivity contribution in [2.75, 3.05) is 36.3 Å². The molecule has 5 aromatic rings. The molecule has 0 radical (unpaired) electrons. The first-order chi connectivity index (χ1) is 27.6. The number of aliphatic carboxylic acids is 1. The molecule has 28 heteroatoms. The van der Waals surface area contributed by atoms with E-state index in [1.165, 1.54) is 6.20 Å². The lowest BCUT2D eigenvalue weighted by Crippen LogP contribution is -2.25. The number of nitro groups is 1. The van der Waals surface area contributed by atoms with Crippen LogP contribution < -0.4 is 19.7 Å². The highest BCUT2D eigenvalue weighted by Gasteiger charge is 2.31. The van der Waals surface area contributed by atoms with Gasteiger partial charge in [-0.1, -0.05) is 17.7 Å². The highest BCUT2D eigenvalue weighted by molar-refractivity contribution is 7.94. The third-order valence-electron chi connectivity index (χ3n) is 6.24. The van der Waals surface area contributed by atoms with E-state index in [0.717, 1.165) is 53.0 Å². The van der Waals surface area contributed by atoms with Crippen molar-refractivity contribution in [1.29, 1.82) is 0 Å². The molecular formula is C32H32ClF5N7O12PS2. The third kappa shape index (κ3) is 16.6. The van der Waals surface area contributed by atoms with Gasteiger partial charge in [0.05, 0.1) is 47.1 Å². The lowest BCUT2D eigenvalue weighted by molar-refractivity contribution is -0.385. The van der Waals surface area contributed by atoms with Gasteiger partial charge >= 0.3 is 18.1 Å². The van der Waals surface area contributed by atoms with Gasteiger partial charge in [0.25, 0.3) is 26.6 Å². The quantitative estimate of drug-likeness (QED) is 0.0386. The maximum Gasteiger partial charge on any atom is 0.416 e. The number of sulfonamides is 1. The second kappa shape index (κ2) is 21.7. The number of hydrogen-bond donors (Lipinski definition) is 5. The van der Waals surface area contributed by atoms with Crippen LogP contribution in [0.2, 0.25) is 5.02 Å². The van der Waals surface area contributed by atoms with Gasteiger partial charge in [-0.3, -0.25) is 24.9 Å². The molecule has 19 nitrogen and oxygen atoms in total. The first-order valence-corrected chi connectivity index (χ1v) is 21.9. The SMILES string of the molecule is C[S+](C)C.Cc1ccn2nc(S(=O)(=O)Nc3c(F)cccc3F)nc2n1.O=C(O)CNCP(=O)([O-])O.O=C(O)c1cc(Oc2ccc(C(F)(F)F)cc2Cl)ccc1[N+](=O)[O-]. The van der Waals surface area contributed by atoms with Gasteiger partial charge in [-0.2, -0.15) is 26.6 Å². The lowest BCUT2D eigenvalue weighted by atomic mass is 10.1. The Labute approximate surface area is 343 Å². The van der Waals surface area contributed by atoms with Crippen molar-refractivity contribution in [3.8, 4) is 11.5 Å². The molecule has 1 atom stereocenters. The summed E-state index contributed by atoms with van der Waals surface area (Å²) in [6.07, 6.45) is 2.78. The van der Waals surface area contributed by atoms with Crippen LogP contribution >= 0.6 is 19.2 Å². The summed E-state index contributed by atoms with van der Waals surface area (Å²) in [5.41, 5.74) is -2.41. The summed E-state index contributed by atoms with van der Waals surface area (Å²) < 4.78 is 107. The molecule has 5 N–H and O–H groups in total. The van der Waals surface area contributed by atoms with Gasteiger partial charge in [-0.25, -0.2) is 23.1 Å². The van der Waals surface area contributed by atoms with Crippen molar-refractivity contribution in [2.24, 2.45) is 0 Å². The zero-order valence-corrected chi connectivity index (χ0v) is 34.3. The molecule has 2 heterocycles. The Bertz CT molecular complexity index is 2470. The van der Waals surface area contributed by atoms with E-state index in [1.807, 2.05) is 5.32 Å². The molecule has 0 saturated heterocycles. The van der Waals surface area contributed by atoms with Crippen molar-refractivity contribution >= 4 is 69.2 Å². The fourth-order valence-electron chi connectivity index (χ4n) is 3.84. The van der Waals surface area contributed by atoms with Crippen LogP contribution in [0.3, 0.4) is 0 Å². The van der Waals surface area contributed by atoms with E-state index in [0.29, 0.717) is 22.7 Å². The lowest BCUT2D eigenvalue weighted by Gasteiger charge is -2.14. The summed E-state index contributed by atoms with van der Waals surface area (Å²) in [6.45, 7) is 1.22. The summed E-state index contributed by atoms with van der Waals surface area (Å²) in [4.78, 5) is 56.4. The van der Waals surface area contributed by atoms with E-state index in [1.54, 1.807) is 17.7 Å². The highest BCUT2D eigenvalue weighted by atomic mass is 35.5. The molecule has 0 spiro atoms. The number of carboxylic acids is 2. The first kappa shape index (κ1) is 50.6. The van der Waals surface area contributed by atoms with E-state index >= 15 is 0 Å². The van der Waals surface area contributed by atoms with Gasteiger partial charge in [-0.15, -0.1) is 5.10 Å². The summed E-state index contributed by atoms with van der Waals surface area (Å²) in [6, 6.07) is 9.87. The maximum absolute atomic E-state index is 13.5. The molecule has 0 fully saturated rings. The predicted molar refractivity (Wildman–Crippen MR) is 205 cm³/mol. The number of hydrogen-bond acceptors (Lipinski definition) is 13. The molecule has 1 unspecified atom stereocenters. The minimum atomic E-state index is -4.58. The largest absolute Gasteiger partial charge is 0.778 e. The Hall–Kier alpha value is -5.50. The summed E-state index contributed by atoms with van der Waals surface area (Å²) >= 11 is 5.72. The van der Waals surface area contributed by atoms with Gasteiger partial charge < -0.3 is 29.3 Å². The third-order valence-corrected chi connectivity index (χ3v) is 8.28. The topological polar surface area (TPSA) is 289 Å². The number of halogens is 6. The van der Waals surface area contributed by atoms with Crippen LogP contribution in [0.4, 0.5) is 33.3 Å². The number of aryl methyl sites for hydroxylation is 1. The number of rotatable bonds is 11. The molecule has 60 heavy (non-hydrogen) atoms. The molecule has 0 amide bonds. The number of aromatic carboxylic acids is 1. The van der Waals surface area contributed by atoms with Crippen molar-refractivity contribution < 1.29 is 74.2 Å². The number of aromatic nitrogens is 4. The van der Waals surface area contributed by atoms with E-state index in [9.17, 15) is 59.5 Å². The van der Waals surface area contributed by atoms with Crippen molar-refractivity contribution in [1.82, 2.24) is 24.9 Å². The zero-order valence-electron chi connectivity index (χ0n) is 31.0. The zero-order chi connectivity index (χ0) is 45.7. The fourth-order valence-corrected chi connectivity index (χ4v) is 5.40. The number of ether oxygens (including phenoxy) is 1. The molecular weight excluding hydrogens is 900 g/mol. The van der Waals surface area contributed by atoms with Crippen LogP contribution in [-0.2, 0) is 36.5 Å². The Balaban J connectivity index is 0.000000317. The second-order valence-corrected chi connectivity index (χ2v) is 17.8. The number of nitro benzene ring substituents is 1. The number of nitrogens with zero attached hydrogens (tertiary/aromatic N) is 5. The monoisotopic (exact) mass is 931 g/mol. The molecule has 0 aliphatic heterocycles. The minimum Gasteiger partial charge on any atom is -0.778 e. The number of carboxylic acid groups (broad SMARTS) is 2. The van der Waals surface area contributed by atoms with Crippen LogP contribution in [0.1, 0.15) is 21.6 Å². The van der Waals surface area contributed by atoms with Crippen LogP contribution in [-0.4, -0.2) is 91.6 Å². The average Bonchev–Trinajstić information content (AvgIpc) is 3.54. The Morgan fingerprint density at radius 2 is 1.63 bits per heavy atom. The predicted octanol–water partition coefficient (Wildman–Crippen LogP) is 4.93. The van der Waals surface area contributed by atoms with Gasteiger partial charge in [0.15, 0.2) is 0 Å². The number of alkyl halides is 3. The Morgan fingerprint density at radius 3 is 2.13 bits per heavy atom. The van der Waals surface area contributed by atoms with Crippen molar-refractivity contribution in [2.45, 2.75) is 18.3 Å². The first-order valence-electron chi connectivity index (χ1n) is 15.8. The van der Waals surface area contributed by atoms with Crippen LogP contribution in [0.15, 0.2) is 72.0 Å². The molecule has 5 rings (SSSR count). The standard InChI is InChI=1S/C14H7ClF3NO5.C12H9F2N5O2S.C3H8NO5P.C3H9S/c15-10-5-7(14(16,17)18)1-4-12(10)24-8-2-3-11(19(22)23)9(6-8)13(20)21;1-7-5-6-19-11(15-7)16-12(17-19)22(20,21)18-10-8(13)3-2-4-9(10)14;5-3(6)1-4-2-10(7,8)9;1-4(2)3/h1-6H,(H,20,21);2-6,18H,1H3;4H,1-2H2,(H,5,6)(H2,7,8,9);1-3H3/q;;;+1/p-1. The van der Waals surface area contributed by atoms with Gasteiger partial charge in [0, 0.05) is 24.0 Å². The van der Waals surface area contributed by atoms with E-state index in [-0.39, 0.29) is 22.3 Å². The Morgan fingerprint density at radius 1 is 1.03 bits per heavy atom. The number of benzene rings is 3. The van der Waals surface area contributed by atoms with Crippen LogP contribution in [0, 0.1) is 28.7 Å². The number of fused-ring (bicyclic) bond motifs is 1. The normalized spacial score (nSPS) is 12.1. The highest BCUT2D eigenvalue weighted by Crippen LogP contribution is 2.37. The summed E-state index contributed by atoms with van der Waals surface area (Å²) in [5, 5.41) is 32.5. The number of nitrogens with one attached hydrogen (secondary N) is 2. The van der Waals surface area contributed by atoms with Crippen molar-refractivity contribution in [3.05, 3.63) is 110 Å². The fraction of sp³-hybridized carbons (Fsp3) is 0.219. The van der Waals surface area contributed by atoms with Gasteiger partial charge in [0.1, 0.15) is 42.0 Å². The average molecular weight is 932 g/mol. The maximum atomic E-state index is 13.5. The van der Waals surface area contributed by atoms with E-state index < -0.39 is 92.8 Å². The van der Waals surface area contributed by atoms with E-state index in [4.69, 9.17) is 31.4 Å². The number of para-hydroxylation sites is 1. The second-order valence-electron chi connectivity index (χ2n) is 11.7. The van der Waals surface area contributed by atoms with Gasteiger partial charge in [-0.05, 0) is 60.3 Å². The summed E-state index contributed by atoms with van der Waals surface area (Å²) in [5.74, 6) is -5.02. The molecule has 3 aromatic carbocycles. The molecule has 0 saturated carbocycles. The molecule has 0 aliphatic carbocycles. The van der Waals surface area contributed by atoms with Crippen LogP contribution in [0.5, 0.6) is 11.5 Å². The van der Waals surface area contributed by atoms with Gasteiger partial charge in [0.2, 0.25) is 0 Å². The molecule has 0 aliphatic rings. The van der Waals surface area contributed by atoms with E-state index in [2.05, 4.69) is 33.8 Å². The molecule has 326 valence electrons. The smallest absolute Gasteiger partial charge is 0.416 e. The van der Waals surface area contributed by atoms with Crippen LogP contribution in [0.25, 0.3) is 5.78 Å². The number of anilines is 1.